The van der Waals surface area contributed by atoms with Gasteiger partial charge in [0.1, 0.15) is 23.7 Å². The number of carbonyl (C=O) groups excluding carboxylic acids is 1. The summed E-state index contributed by atoms with van der Waals surface area (Å²) in [4.78, 5) is 11.7. The molecule has 1 amide bonds. The van der Waals surface area contributed by atoms with Crippen LogP contribution in [-0.4, -0.2) is 22.2 Å². The molecule has 0 spiro atoms. The molecule has 1 N–H and O–H groups in total. The van der Waals surface area contributed by atoms with E-state index in [1.54, 1.807) is 10.7 Å². The molecule has 1 aromatic heterocycles. The Morgan fingerprint density at radius 2 is 2.21 bits per heavy atom. The molecule has 5 heteroatoms. The van der Waals surface area contributed by atoms with Crippen molar-refractivity contribution in [1.29, 1.82) is 0 Å². The fourth-order valence-corrected chi connectivity index (χ4v) is 2.11. The number of ether oxygens (including phenoxy) is 1. The second kappa shape index (κ2) is 4.76. The van der Waals surface area contributed by atoms with Crippen LogP contribution in [0, 0.1) is 0 Å². The van der Waals surface area contributed by atoms with E-state index in [2.05, 4.69) is 10.4 Å². The van der Waals surface area contributed by atoms with Crippen LogP contribution in [-0.2, 0) is 6.61 Å². The number of benzene rings is 1. The van der Waals surface area contributed by atoms with Crippen molar-refractivity contribution in [2.45, 2.75) is 19.6 Å². The Balaban J connectivity index is 1.76. The van der Waals surface area contributed by atoms with Crippen LogP contribution < -0.4 is 10.1 Å². The molecule has 1 atom stereocenters. The average molecular weight is 257 g/mol. The van der Waals surface area contributed by atoms with Crippen LogP contribution in [0.3, 0.4) is 0 Å². The minimum Gasteiger partial charge on any atom is -0.487 e. The number of nitrogens with zero attached hydrogens (tertiary/aromatic N) is 2. The first-order valence-electron chi connectivity index (χ1n) is 6.28. The molecule has 2 aromatic rings. The van der Waals surface area contributed by atoms with E-state index in [4.69, 9.17) is 4.74 Å². The van der Waals surface area contributed by atoms with Gasteiger partial charge in [0.25, 0.3) is 5.91 Å². The van der Waals surface area contributed by atoms with Crippen molar-refractivity contribution in [3.63, 3.8) is 0 Å². The number of rotatable bonds is 3. The molecule has 0 radical (unpaired) electrons. The van der Waals surface area contributed by atoms with E-state index in [-0.39, 0.29) is 11.9 Å². The van der Waals surface area contributed by atoms with Gasteiger partial charge in [0.05, 0.1) is 6.04 Å². The van der Waals surface area contributed by atoms with E-state index in [1.807, 2.05) is 37.3 Å². The number of aromatic nitrogens is 2. The summed E-state index contributed by atoms with van der Waals surface area (Å²) in [6.07, 6.45) is 0. The van der Waals surface area contributed by atoms with Gasteiger partial charge in [-0.3, -0.25) is 9.48 Å². The highest BCUT2D eigenvalue weighted by Crippen LogP contribution is 2.17. The van der Waals surface area contributed by atoms with Crippen molar-refractivity contribution in [3.05, 3.63) is 47.8 Å². The predicted octanol–water partition coefficient (Wildman–Crippen LogP) is 1.77. The summed E-state index contributed by atoms with van der Waals surface area (Å²) in [5.41, 5.74) is 1.37. The molecule has 1 aliphatic rings. The van der Waals surface area contributed by atoms with Gasteiger partial charge in [-0.2, -0.15) is 5.10 Å². The Bertz CT molecular complexity index is 592. The quantitative estimate of drug-likeness (QED) is 0.911. The van der Waals surface area contributed by atoms with Gasteiger partial charge in [-0.1, -0.05) is 18.2 Å². The number of fused-ring (bicyclic) bond motifs is 1. The summed E-state index contributed by atoms with van der Waals surface area (Å²) in [6, 6.07) is 11.5. The maximum absolute atomic E-state index is 11.7. The van der Waals surface area contributed by atoms with E-state index in [0.717, 1.165) is 11.4 Å². The molecule has 19 heavy (non-hydrogen) atoms. The Hall–Kier alpha value is -2.30. The number of carbonyl (C=O) groups is 1. The second-order valence-corrected chi connectivity index (χ2v) is 4.63. The van der Waals surface area contributed by atoms with Gasteiger partial charge in [0, 0.05) is 6.54 Å². The van der Waals surface area contributed by atoms with E-state index < -0.39 is 0 Å². The normalized spacial score (nSPS) is 17.7. The highest BCUT2D eigenvalue weighted by atomic mass is 16.5. The lowest BCUT2D eigenvalue weighted by Crippen LogP contribution is -2.38. The van der Waals surface area contributed by atoms with Gasteiger partial charge in [0.15, 0.2) is 0 Å². The van der Waals surface area contributed by atoms with Gasteiger partial charge >= 0.3 is 0 Å². The summed E-state index contributed by atoms with van der Waals surface area (Å²) in [6.45, 7) is 3.01. The molecule has 0 unspecified atom stereocenters. The third-order valence-electron chi connectivity index (χ3n) is 3.12. The van der Waals surface area contributed by atoms with Gasteiger partial charge in [-0.25, -0.2) is 0 Å². The highest BCUT2D eigenvalue weighted by Gasteiger charge is 2.24. The highest BCUT2D eigenvalue weighted by molar-refractivity contribution is 5.93. The van der Waals surface area contributed by atoms with Crippen molar-refractivity contribution in [3.8, 4) is 5.75 Å². The number of hydrogen-bond acceptors (Lipinski definition) is 3. The third kappa shape index (κ3) is 2.31. The van der Waals surface area contributed by atoms with Crippen LogP contribution >= 0.6 is 0 Å². The van der Waals surface area contributed by atoms with Crippen LogP contribution in [0.4, 0.5) is 0 Å². The Morgan fingerprint density at radius 3 is 2.95 bits per heavy atom. The molecule has 0 saturated carbocycles. The van der Waals surface area contributed by atoms with Crippen LogP contribution in [0.2, 0.25) is 0 Å². The monoisotopic (exact) mass is 257 g/mol. The molecule has 3 rings (SSSR count). The molecular weight excluding hydrogens is 242 g/mol. The number of hydrogen-bond donors (Lipinski definition) is 1. The predicted molar refractivity (Wildman–Crippen MR) is 70.0 cm³/mol. The van der Waals surface area contributed by atoms with Crippen LogP contribution in [0.1, 0.15) is 29.1 Å². The van der Waals surface area contributed by atoms with Crippen LogP contribution in [0.15, 0.2) is 36.4 Å². The van der Waals surface area contributed by atoms with Crippen molar-refractivity contribution in [2.24, 2.45) is 0 Å². The molecular formula is C14H15N3O2. The first-order valence-corrected chi connectivity index (χ1v) is 6.28. The van der Waals surface area contributed by atoms with E-state index in [1.165, 1.54) is 0 Å². The number of nitrogens with one attached hydrogen (secondary N) is 1. The minimum absolute atomic E-state index is 0.0726. The van der Waals surface area contributed by atoms with Crippen molar-refractivity contribution in [2.75, 3.05) is 6.54 Å². The first-order chi connectivity index (χ1) is 9.24. The molecule has 1 aliphatic heterocycles. The smallest absolute Gasteiger partial charge is 0.269 e. The Morgan fingerprint density at radius 1 is 1.42 bits per heavy atom. The lowest BCUT2D eigenvalue weighted by Gasteiger charge is -2.20. The molecule has 5 nitrogen and oxygen atoms in total. The fraction of sp³-hybridized carbons (Fsp3) is 0.286. The summed E-state index contributed by atoms with van der Waals surface area (Å²) in [7, 11) is 0. The van der Waals surface area contributed by atoms with Gasteiger partial charge in [0.2, 0.25) is 0 Å². The van der Waals surface area contributed by atoms with E-state index in [9.17, 15) is 4.79 Å². The topological polar surface area (TPSA) is 56.1 Å². The van der Waals surface area contributed by atoms with Gasteiger partial charge < -0.3 is 10.1 Å². The first kappa shape index (κ1) is 11.8. The number of amides is 1. The molecule has 1 aromatic carbocycles. The maximum Gasteiger partial charge on any atom is 0.269 e. The zero-order valence-corrected chi connectivity index (χ0v) is 10.7. The van der Waals surface area contributed by atoms with Crippen LogP contribution in [0.5, 0.6) is 5.75 Å². The maximum atomic E-state index is 11.7. The number of para-hydroxylation sites is 1. The lowest BCUT2D eigenvalue weighted by molar-refractivity contribution is 0.0912. The second-order valence-electron chi connectivity index (χ2n) is 4.63. The Kier molecular flexibility index (Phi) is 2.95. The zero-order chi connectivity index (χ0) is 13.2. The van der Waals surface area contributed by atoms with Gasteiger partial charge in [-0.05, 0) is 25.1 Å². The largest absolute Gasteiger partial charge is 0.487 e. The summed E-state index contributed by atoms with van der Waals surface area (Å²) < 4.78 is 7.40. The van der Waals surface area contributed by atoms with Crippen LogP contribution in [0.25, 0.3) is 0 Å². The average Bonchev–Trinajstić information content (AvgIpc) is 2.87. The fourth-order valence-electron chi connectivity index (χ4n) is 2.11. The summed E-state index contributed by atoms with van der Waals surface area (Å²) >= 11 is 0. The van der Waals surface area contributed by atoms with E-state index in [0.29, 0.717) is 18.8 Å². The molecule has 98 valence electrons. The molecule has 0 saturated heterocycles. The standard InChI is InChI=1S/C14H15N3O2/c1-10-8-15-14(18)13-7-11(16-17(10)13)9-19-12-5-3-2-4-6-12/h2-7,10H,8-9H2,1H3,(H,15,18)/t10-/m0/s1. The minimum atomic E-state index is -0.0726. The van der Waals surface area contributed by atoms with Gasteiger partial charge in [-0.15, -0.1) is 0 Å². The third-order valence-corrected chi connectivity index (χ3v) is 3.12. The summed E-state index contributed by atoms with van der Waals surface area (Å²) in [5, 5.41) is 7.26. The summed E-state index contributed by atoms with van der Waals surface area (Å²) in [5.74, 6) is 0.725. The van der Waals surface area contributed by atoms with Crippen molar-refractivity contribution < 1.29 is 9.53 Å². The Labute approximate surface area is 111 Å². The molecule has 2 heterocycles. The van der Waals surface area contributed by atoms with E-state index >= 15 is 0 Å². The molecule has 0 bridgehead atoms. The molecule has 0 aliphatic carbocycles. The van der Waals surface area contributed by atoms with Crippen molar-refractivity contribution >= 4 is 5.91 Å². The SMILES string of the molecule is C[C@H]1CNC(=O)c2cc(COc3ccccc3)nn21. The molecule has 0 fully saturated rings. The zero-order valence-electron chi connectivity index (χ0n) is 10.7. The lowest BCUT2D eigenvalue weighted by atomic mass is 10.2. The van der Waals surface area contributed by atoms with Crippen molar-refractivity contribution in [1.82, 2.24) is 15.1 Å².